The Balaban J connectivity index is 1.41. The van der Waals surface area contributed by atoms with Gasteiger partial charge in [-0.1, -0.05) is 34.1 Å². The number of amides is 1. The Morgan fingerprint density at radius 3 is 2.96 bits per heavy atom. The maximum Gasteiger partial charge on any atom is 0.224 e. The van der Waals surface area contributed by atoms with Crippen LogP contribution in [0.2, 0.25) is 0 Å². The molecule has 0 saturated heterocycles. The molecular formula is C19H17BrN4O. The van der Waals surface area contributed by atoms with Gasteiger partial charge in [0.05, 0.1) is 0 Å². The predicted octanol–water partition coefficient (Wildman–Crippen LogP) is 3.45. The minimum Gasteiger partial charge on any atom is -0.352 e. The molecule has 25 heavy (non-hydrogen) atoms. The maximum absolute atomic E-state index is 12.5. The zero-order valence-electron chi connectivity index (χ0n) is 13.5. The average molecular weight is 397 g/mol. The van der Waals surface area contributed by atoms with Gasteiger partial charge in [0.25, 0.3) is 0 Å². The lowest BCUT2D eigenvalue weighted by molar-refractivity contribution is -0.122. The number of hydrogen-bond acceptors (Lipinski definition) is 3. The Bertz CT molecular complexity index is 894. The number of carbonyl (C=O) groups excluding carboxylic acids is 1. The predicted molar refractivity (Wildman–Crippen MR) is 98.2 cm³/mol. The average Bonchev–Trinajstić information content (AvgIpc) is 3.25. The van der Waals surface area contributed by atoms with Crippen molar-refractivity contribution < 1.29 is 4.79 Å². The van der Waals surface area contributed by atoms with Crippen molar-refractivity contribution in [3.63, 3.8) is 0 Å². The van der Waals surface area contributed by atoms with Crippen LogP contribution in [0.15, 0.2) is 65.5 Å². The summed E-state index contributed by atoms with van der Waals surface area (Å²) in [7, 11) is 0. The van der Waals surface area contributed by atoms with Crippen molar-refractivity contribution in [2.45, 2.75) is 18.9 Å². The third kappa shape index (κ3) is 3.49. The van der Waals surface area contributed by atoms with Gasteiger partial charge in [-0.2, -0.15) is 5.10 Å². The lowest BCUT2D eigenvalue weighted by Gasteiger charge is -2.10. The van der Waals surface area contributed by atoms with Crippen LogP contribution >= 0.6 is 15.9 Å². The Morgan fingerprint density at radius 1 is 1.24 bits per heavy atom. The summed E-state index contributed by atoms with van der Waals surface area (Å²) in [4.78, 5) is 16.9. The molecule has 1 aromatic carbocycles. The van der Waals surface area contributed by atoms with Crippen LogP contribution in [0.3, 0.4) is 0 Å². The molecule has 126 valence electrons. The van der Waals surface area contributed by atoms with E-state index in [4.69, 9.17) is 0 Å². The second kappa shape index (κ2) is 6.80. The lowest BCUT2D eigenvalue weighted by Crippen LogP contribution is -2.25. The summed E-state index contributed by atoms with van der Waals surface area (Å²) >= 11 is 3.49. The first-order valence-corrected chi connectivity index (χ1v) is 8.99. The third-order valence-corrected chi connectivity index (χ3v) is 4.94. The van der Waals surface area contributed by atoms with Gasteiger partial charge in [-0.3, -0.25) is 4.79 Å². The van der Waals surface area contributed by atoms with Crippen molar-refractivity contribution >= 4 is 21.8 Å². The highest BCUT2D eigenvalue weighted by molar-refractivity contribution is 9.10. The third-order valence-electron chi connectivity index (χ3n) is 4.45. The molecule has 3 aromatic rings. The molecule has 0 aliphatic heterocycles. The van der Waals surface area contributed by atoms with Crippen LogP contribution < -0.4 is 5.32 Å². The molecule has 1 saturated carbocycles. The number of aromatic nitrogens is 3. The standard InChI is InChI=1S/C19H17BrN4O/c20-15-6-1-4-13(10-15)16-11-17(16)19(25)22-12-14-5-2-7-21-18(14)24-9-3-8-23-24/h1-10,16-17H,11-12H2,(H,22,25). The van der Waals surface area contributed by atoms with E-state index >= 15 is 0 Å². The second-order valence-corrected chi connectivity index (χ2v) is 7.07. The number of benzene rings is 1. The number of pyridine rings is 1. The summed E-state index contributed by atoms with van der Waals surface area (Å²) in [6.45, 7) is 0.448. The van der Waals surface area contributed by atoms with Gasteiger partial charge < -0.3 is 5.32 Å². The van der Waals surface area contributed by atoms with Gasteiger partial charge in [0.2, 0.25) is 5.91 Å². The molecule has 1 aliphatic carbocycles. The zero-order chi connectivity index (χ0) is 17.2. The number of hydrogen-bond donors (Lipinski definition) is 1. The summed E-state index contributed by atoms with van der Waals surface area (Å²) in [6, 6.07) is 13.9. The number of halogens is 1. The van der Waals surface area contributed by atoms with Gasteiger partial charge in [0.1, 0.15) is 0 Å². The van der Waals surface area contributed by atoms with Gasteiger partial charge in [-0.25, -0.2) is 9.67 Å². The van der Waals surface area contributed by atoms with Crippen molar-refractivity contribution in [3.8, 4) is 5.82 Å². The molecule has 1 amide bonds. The molecular weight excluding hydrogens is 380 g/mol. The molecule has 1 aliphatic rings. The van der Waals surface area contributed by atoms with Crippen molar-refractivity contribution in [3.05, 3.63) is 76.7 Å². The van der Waals surface area contributed by atoms with Gasteiger partial charge in [-0.15, -0.1) is 0 Å². The van der Waals surface area contributed by atoms with Crippen LogP contribution in [0.4, 0.5) is 0 Å². The van der Waals surface area contributed by atoms with Gasteiger partial charge >= 0.3 is 0 Å². The Hall–Kier alpha value is -2.47. The maximum atomic E-state index is 12.5. The fraction of sp³-hybridized carbons (Fsp3) is 0.211. The second-order valence-electron chi connectivity index (χ2n) is 6.16. The summed E-state index contributed by atoms with van der Waals surface area (Å²) in [5, 5.41) is 7.26. The molecule has 0 spiro atoms. The van der Waals surface area contributed by atoms with Crippen LogP contribution in [-0.2, 0) is 11.3 Å². The number of carbonyl (C=O) groups is 1. The highest BCUT2D eigenvalue weighted by Gasteiger charge is 2.43. The van der Waals surface area contributed by atoms with Crippen LogP contribution in [0.5, 0.6) is 0 Å². The highest BCUT2D eigenvalue weighted by atomic mass is 79.9. The molecule has 1 fully saturated rings. The van der Waals surface area contributed by atoms with Gasteiger partial charge in [-0.05, 0) is 42.2 Å². The molecule has 4 rings (SSSR count). The topological polar surface area (TPSA) is 59.8 Å². The van der Waals surface area contributed by atoms with E-state index in [1.54, 1.807) is 17.1 Å². The van der Waals surface area contributed by atoms with E-state index in [1.165, 1.54) is 5.56 Å². The van der Waals surface area contributed by atoms with Crippen LogP contribution in [0.1, 0.15) is 23.5 Å². The Morgan fingerprint density at radius 2 is 2.16 bits per heavy atom. The van der Waals surface area contributed by atoms with E-state index in [1.807, 2.05) is 36.5 Å². The molecule has 5 nitrogen and oxygen atoms in total. The smallest absolute Gasteiger partial charge is 0.224 e. The summed E-state index contributed by atoms with van der Waals surface area (Å²) in [6.07, 6.45) is 6.19. The van der Waals surface area contributed by atoms with E-state index in [9.17, 15) is 4.79 Å². The summed E-state index contributed by atoms with van der Waals surface area (Å²) in [5.41, 5.74) is 2.16. The van der Waals surface area contributed by atoms with E-state index in [-0.39, 0.29) is 11.8 Å². The largest absolute Gasteiger partial charge is 0.352 e. The SMILES string of the molecule is O=C(NCc1cccnc1-n1cccn1)C1CC1c1cccc(Br)c1. The van der Waals surface area contributed by atoms with Crippen molar-refractivity contribution in [1.82, 2.24) is 20.1 Å². The van der Waals surface area contributed by atoms with Crippen LogP contribution in [0.25, 0.3) is 5.82 Å². The normalized spacial score (nSPS) is 18.8. The van der Waals surface area contributed by atoms with Crippen LogP contribution in [-0.4, -0.2) is 20.7 Å². The highest BCUT2D eigenvalue weighted by Crippen LogP contribution is 2.47. The van der Waals surface area contributed by atoms with E-state index in [0.717, 1.165) is 22.3 Å². The monoisotopic (exact) mass is 396 g/mol. The zero-order valence-corrected chi connectivity index (χ0v) is 15.1. The van der Waals surface area contributed by atoms with Crippen molar-refractivity contribution in [2.75, 3.05) is 0 Å². The van der Waals surface area contributed by atoms with Crippen molar-refractivity contribution in [2.24, 2.45) is 5.92 Å². The minimum atomic E-state index is 0.0547. The fourth-order valence-corrected chi connectivity index (χ4v) is 3.49. The molecule has 2 aromatic heterocycles. The van der Waals surface area contributed by atoms with Gasteiger partial charge in [0.15, 0.2) is 5.82 Å². The Labute approximate surface area is 154 Å². The summed E-state index contributed by atoms with van der Waals surface area (Å²) < 4.78 is 2.76. The molecule has 1 N–H and O–H groups in total. The lowest BCUT2D eigenvalue weighted by atomic mass is 10.1. The fourth-order valence-electron chi connectivity index (χ4n) is 3.07. The molecule has 2 heterocycles. The Kier molecular flexibility index (Phi) is 4.36. The number of rotatable bonds is 5. The van der Waals surface area contributed by atoms with Crippen molar-refractivity contribution in [1.29, 1.82) is 0 Å². The quantitative estimate of drug-likeness (QED) is 0.718. The molecule has 6 heteroatoms. The molecule has 0 bridgehead atoms. The number of nitrogens with one attached hydrogen (secondary N) is 1. The van der Waals surface area contributed by atoms with E-state index in [2.05, 4.69) is 43.5 Å². The molecule has 2 unspecified atom stereocenters. The van der Waals surface area contributed by atoms with Crippen LogP contribution in [0, 0.1) is 5.92 Å². The first kappa shape index (κ1) is 16.0. The van der Waals surface area contributed by atoms with Gasteiger partial charge in [0, 0.05) is 41.1 Å². The summed E-state index contributed by atoms with van der Waals surface area (Å²) in [5.74, 6) is 1.21. The molecule has 2 atom stereocenters. The first-order chi connectivity index (χ1) is 12.2. The van der Waals surface area contributed by atoms with E-state index < -0.39 is 0 Å². The minimum absolute atomic E-state index is 0.0547. The molecule has 0 radical (unpaired) electrons. The number of nitrogens with zero attached hydrogens (tertiary/aromatic N) is 3. The van der Waals surface area contributed by atoms with E-state index in [0.29, 0.717) is 12.5 Å². The first-order valence-electron chi connectivity index (χ1n) is 8.19.